The highest BCUT2D eigenvalue weighted by Gasteiger charge is 2.25. The Kier molecular flexibility index (Phi) is 7.95. The maximum Gasteiger partial charge on any atom is 0.243 e. The van der Waals surface area contributed by atoms with Crippen molar-refractivity contribution in [1.82, 2.24) is 9.91 Å². The van der Waals surface area contributed by atoms with E-state index in [2.05, 4.69) is 34.3 Å². The summed E-state index contributed by atoms with van der Waals surface area (Å²) in [7, 11) is 4.01. The van der Waals surface area contributed by atoms with Gasteiger partial charge >= 0.3 is 0 Å². The largest absolute Gasteiger partial charge is 0.378 e. The Hall–Kier alpha value is -3.19. The zero-order chi connectivity index (χ0) is 23.9. The molecule has 1 unspecified atom stereocenters. The predicted molar refractivity (Wildman–Crippen MR) is 134 cm³/mol. The quantitative estimate of drug-likeness (QED) is 0.570. The molecule has 2 aromatic carbocycles. The second-order valence-electron chi connectivity index (χ2n) is 9.15. The molecule has 0 saturated carbocycles. The first-order chi connectivity index (χ1) is 16.5. The summed E-state index contributed by atoms with van der Waals surface area (Å²) in [6.45, 7) is 2.39. The summed E-state index contributed by atoms with van der Waals surface area (Å²) in [5.41, 5.74) is 4.14. The van der Waals surface area contributed by atoms with Gasteiger partial charge in [0, 0.05) is 58.7 Å². The minimum absolute atomic E-state index is 0.0213. The molecule has 0 bridgehead atoms. The number of anilines is 1. The van der Waals surface area contributed by atoms with Crippen LogP contribution in [0.4, 0.5) is 5.69 Å². The van der Waals surface area contributed by atoms with Gasteiger partial charge in [0.15, 0.2) is 0 Å². The second kappa shape index (κ2) is 11.3. The minimum atomic E-state index is -0.105. The van der Waals surface area contributed by atoms with Gasteiger partial charge in [0.05, 0.1) is 18.4 Å². The van der Waals surface area contributed by atoms with Gasteiger partial charge in [0.1, 0.15) is 0 Å². The number of carbonyl (C=O) groups is 2. The molecular weight excluding hydrogens is 428 g/mol. The van der Waals surface area contributed by atoms with Gasteiger partial charge in [-0.25, -0.2) is 5.01 Å². The first-order valence-corrected chi connectivity index (χ1v) is 12.1. The Labute approximate surface area is 202 Å². The van der Waals surface area contributed by atoms with Crippen molar-refractivity contribution in [1.29, 1.82) is 0 Å². The van der Waals surface area contributed by atoms with Crippen LogP contribution in [0.3, 0.4) is 0 Å². The lowest BCUT2D eigenvalue weighted by Gasteiger charge is -2.26. The van der Waals surface area contributed by atoms with Crippen LogP contribution in [0.5, 0.6) is 0 Å². The van der Waals surface area contributed by atoms with Gasteiger partial charge in [-0.2, -0.15) is 5.10 Å². The fourth-order valence-corrected chi connectivity index (χ4v) is 4.38. The summed E-state index contributed by atoms with van der Waals surface area (Å²) in [4.78, 5) is 29.8. The van der Waals surface area contributed by atoms with Crippen molar-refractivity contribution in [3.05, 3.63) is 65.7 Å². The Morgan fingerprint density at radius 2 is 1.82 bits per heavy atom. The Morgan fingerprint density at radius 1 is 1.06 bits per heavy atom. The third-order valence-corrected chi connectivity index (χ3v) is 6.38. The third kappa shape index (κ3) is 6.23. The van der Waals surface area contributed by atoms with Crippen LogP contribution in [-0.4, -0.2) is 67.3 Å². The van der Waals surface area contributed by atoms with E-state index in [1.54, 1.807) is 0 Å². The second-order valence-corrected chi connectivity index (χ2v) is 9.15. The van der Waals surface area contributed by atoms with Crippen LogP contribution < -0.4 is 4.90 Å². The van der Waals surface area contributed by atoms with E-state index in [0.717, 1.165) is 48.4 Å². The summed E-state index contributed by atoms with van der Waals surface area (Å²) >= 11 is 0. The summed E-state index contributed by atoms with van der Waals surface area (Å²) in [6.07, 6.45) is 3.13. The van der Waals surface area contributed by atoms with Crippen molar-refractivity contribution >= 4 is 23.2 Å². The fraction of sp³-hybridized carbons (Fsp3) is 0.444. The van der Waals surface area contributed by atoms with Gasteiger partial charge in [0.25, 0.3) is 0 Å². The van der Waals surface area contributed by atoms with Gasteiger partial charge in [-0.15, -0.1) is 0 Å². The zero-order valence-electron chi connectivity index (χ0n) is 20.2. The lowest BCUT2D eigenvalue weighted by atomic mass is 10.1. The summed E-state index contributed by atoms with van der Waals surface area (Å²) < 4.78 is 5.79. The molecule has 0 N–H and O–H groups in total. The van der Waals surface area contributed by atoms with Gasteiger partial charge in [0.2, 0.25) is 11.8 Å². The lowest BCUT2D eigenvalue weighted by molar-refractivity contribution is -0.138. The van der Waals surface area contributed by atoms with Crippen LogP contribution in [0.1, 0.15) is 43.2 Å². The van der Waals surface area contributed by atoms with Gasteiger partial charge in [-0.3, -0.25) is 9.59 Å². The molecule has 1 fully saturated rings. The van der Waals surface area contributed by atoms with E-state index in [9.17, 15) is 9.59 Å². The van der Waals surface area contributed by atoms with Crippen molar-refractivity contribution in [2.75, 3.05) is 38.7 Å². The number of ether oxygens (including phenoxy) is 1. The number of carbonyl (C=O) groups excluding carboxylic acids is 2. The van der Waals surface area contributed by atoms with Gasteiger partial charge in [-0.05, 0) is 36.1 Å². The molecule has 0 aliphatic carbocycles. The first-order valence-electron chi connectivity index (χ1n) is 12.1. The number of benzene rings is 2. The van der Waals surface area contributed by atoms with E-state index in [1.807, 2.05) is 49.3 Å². The zero-order valence-corrected chi connectivity index (χ0v) is 20.2. The van der Waals surface area contributed by atoms with E-state index < -0.39 is 0 Å². The SMILES string of the molecule is CN(C)c1ccc(CN(CC2CCCO2)C(=O)CCC(=O)N2CCC(c3ccccc3)=N2)cc1. The molecule has 2 heterocycles. The molecule has 2 aliphatic heterocycles. The average molecular weight is 463 g/mol. The number of amides is 2. The van der Waals surface area contributed by atoms with Crippen LogP contribution in [-0.2, 0) is 20.9 Å². The lowest BCUT2D eigenvalue weighted by Crippen LogP contribution is -2.37. The molecule has 180 valence electrons. The molecule has 2 aliphatic rings. The number of hydrogen-bond acceptors (Lipinski definition) is 5. The highest BCUT2D eigenvalue weighted by molar-refractivity contribution is 6.02. The molecule has 34 heavy (non-hydrogen) atoms. The molecule has 2 amide bonds. The predicted octanol–water partition coefficient (Wildman–Crippen LogP) is 3.68. The van der Waals surface area contributed by atoms with E-state index >= 15 is 0 Å². The summed E-state index contributed by atoms with van der Waals surface area (Å²) in [5, 5.41) is 6.02. The molecule has 0 aromatic heterocycles. The fourth-order valence-electron chi connectivity index (χ4n) is 4.38. The highest BCUT2D eigenvalue weighted by atomic mass is 16.5. The maximum absolute atomic E-state index is 13.2. The van der Waals surface area contributed by atoms with Crippen LogP contribution in [0.2, 0.25) is 0 Å². The molecule has 0 spiro atoms. The molecule has 7 heteroatoms. The normalized spacial score (nSPS) is 17.5. The van der Waals surface area contributed by atoms with Crippen LogP contribution in [0.15, 0.2) is 59.7 Å². The minimum Gasteiger partial charge on any atom is -0.378 e. The van der Waals surface area contributed by atoms with Crippen LogP contribution >= 0.6 is 0 Å². The Balaban J connectivity index is 1.36. The average Bonchev–Trinajstić information content (AvgIpc) is 3.55. The molecule has 0 radical (unpaired) electrons. The smallest absolute Gasteiger partial charge is 0.243 e. The monoisotopic (exact) mass is 462 g/mol. The van der Waals surface area contributed by atoms with Crippen molar-refractivity contribution < 1.29 is 14.3 Å². The van der Waals surface area contributed by atoms with Gasteiger partial charge < -0.3 is 14.5 Å². The first kappa shape index (κ1) is 24.0. The number of nitrogens with zero attached hydrogens (tertiary/aromatic N) is 4. The Bertz CT molecular complexity index is 998. The van der Waals surface area contributed by atoms with Crippen molar-refractivity contribution in [2.45, 2.75) is 44.8 Å². The van der Waals surface area contributed by atoms with Crippen molar-refractivity contribution in [3.63, 3.8) is 0 Å². The van der Waals surface area contributed by atoms with E-state index in [1.165, 1.54) is 5.01 Å². The van der Waals surface area contributed by atoms with Crippen molar-refractivity contribution in [2.24, 2.45) is 5.10 Å². The van der Waals surface area contributed by atoms with Gasteiger partial charge in [-0.1, -0.05) is 42.5 Å². The standard InChI is InChI=1S/C27H34N4O3/c1-29(2)23-12-10-21(11-13-23)19-30(20-24-9-6-18-34-24)26(32)14-15-27(33)31-17-16-25(28-31)22-7-4-3-5-8-22/h3-5,7-8,10-13,24H,6,9,14-20H2,1-2H3. The molecule has 4 rings (SSSR count). The third-order valence-electron chi connectivity index (χ3n) is 6.38. The molecule has 7 nitrogen and oxygen atoms in total. The molecular formula is C27H34N4O3. The highest BCUT2D eigenvalue weighted by Crippen LogP contribution is 2.19. The van der Waals surface area contributed by atoms with E-state index in [-0.39, 0.29) is 30.8 Å². The van der Waals surface area contributed by atoms with E-state index in [0.29, 0.717) is 19.6 Å². The van der Waals surface area contributed by atoms with Crippen LogP contribution in [0.25, 0.3) is 0 Å². The number of hydrogen-bond donors (Lipinski definition) is 0. The number of hydrazone groups is 1. The van der Waals surface area contributed by atoms with Crippen LogP contribution in [0, 0.1) is 0 Å². The molecule has 1 saturated heterocycles. The molecule has 2 aromatic rings. The Morgan fingerprint density at radius 3 is 2.50 bits per heavy atom. The number of rotatable bonds is 9. The summed E-state index contributed by atoms with van der Waals surface area (Å²) in [6, 6.07) is 18.1. The topological polar surface area (TPSA) is 65.5 Å². The van der Waals surface area contributed by atoms with E-state index in [4.69, 9.17) is 4.74 Å². The van der Waals surface area contributed by atoms with Crippen molar-refractivity contribution in [3.8, 4) is 0 Å². The molecule has 1 atom stereocenters. The summed E-state index contributed by atoms with van der Waals surface area (Å²) in [5.74, 6) is -0.126. The maximum atomic E-state index is 13.2.